The third-order valence-corrected chi connectivity index (χ3v) is 4.43. The van der Waals surface area contributed by atoms with E-state index in [9.17, 15) is 9.18 Å². The van der Waals surface area contributed by atoms with Crippen molar-refractivity contribution >= 4 is 5.91 Å². The number of carbonyl (C=O) groups excluding carboxylic acids is 1. The van der Waals surface area contributed by atoms with Crippen molar-refractivity contribution in [3.8, 4) is 0 Å². The van der Waals surface area contributed by atoms with Crippen LogP contribution in [0.5, 0.6) is 0 Å². The van der Waals surface area contributed by atoms with Crippen molar-refractivity contribution in [1.82, 2.24) is 19.7 Å². The molecule has 0 radical (unpaired) electrons. The minimum atomic E-state index is -0.175. The van der Waals surface area contributed by atoms with Crippen LogP contribution in [0, 0.1) is 5.82 Å². The minimum absolute atomic E-state index is 0.00724. The molecule has 0 N–H and O–H groups in total. The number of benzene rings is 1. The van der Waals surface area contributed by atoms with Gasteiger partial charge in [-0.3, -0.25) is 4.79 Å². The van der Waals surface area contributed by atoms with Gasteiger partial charge in [0.2, 0.25) is 5.91 Å². The summed E-state index contributed by atoms with van der Waals surface area (Å²) in [5.41, 5.74) is 1.53. The Bertz CT molecular complexity index is 723. The van der Waals surface area contributed by atoms with Gasteiger partial charge in [0.25, 0.3) is 0 Å². The Balaban J connectivity index is 1.45. The summed E-state index contributed by atoms with van der Waals surface area (Å²) in [5.74, 6) is 1.02. The molecule has 1 aliphatic carbocycles. The summed E-state index contributed by atoms with van der Waals surface area (Å²) in [6, 6.07) is 5.22. The van der Waals surface area contributed by atoms with E-state index in [1.807, 2.05) is 16.7 Å². The SMILES string of the molecule is O=C(Cc1ccc(C2CC2)c(F)c1)N1CCn2cnnc2C1. The zero-order valence-electron chi connectivity index (χ0n) is 12.2. The highest BCUT2D eigenvalue weighted by molar-refractivity contribution is 5.78. The van der Waals surface area contributed by atoms with Gasteiger partial charge >= 0.3 is 0 Å². The van der Waals surface area contributed by atoms with E-state index >= 15 is 0 Å². The number of halogens is 1. The molecule has 1 aromatic heterocycles. The van der Waals surface area contributed by atoms with Gasteiger partial charge in [0.05, 0.1) is 13.0 Å². The second kappa shape index (κ2) is 5.19. The smallest absolute Gasteiger partial charge is 0.227 e. The molecule has 0 bridgehead atoms. The molecule has 1 aromatic carbocycles. The van der Waals surface area contributed by atoms with Gasteiger partial charge in [-0.05, 0) is 36.0 Å². The lowest BCUT2D eigenvalue weighted by Gasteiger charge is -2.27. The standard InChI is InChI=1S/C16H17FN4O/c17-14-7-11(1-4-13(14)12-2-3-12)8-16(22)20-5-6-21-10-18-19-15(21)9-20/h1,4,7,10,12H,2-3,5-6,8-9H2. The average molecular weight is 300 g/mol. The number of aromatic nitrogens is 3. The molecule has 5 nitrogen and oxygen atoms in total. The van der Waals surface area contributed by atoms with Gasteiger partial charge in [0.15, 0.2) is 5.82 Å². The van der Waals surface area contributed by atoms with Crippen molar-refractivity contribution in [2.24, 2.45) is 0 Å². The molecule has 1 saturated carbocycles. The molecule has 4 rings (SSSR count). The van der Waals surface area contributed by atoms with Crippen LogP contribution >= 0.6 is 0 Å². The Kier molecular flexibility index (Phi) is 3.17. The van der Waals surface area contributed by atoms with E-state index in [4.69, 9.17) is 0 Å². The number of hydrogen-bond acceptors (Lipinski definition) is 3. The van der Waals surface area contributed by atoms with Crippen LogP contribution < -0.4 is 0 Å². The molecule has 0 saturated heterocycles. The summed E-state index contributed by atoms with van der Waals surface area (Å²) in [6.45, 7) is 1.83. The Morgan fingerprint density at radius 3 is 2.95 bits per heavy atom. The first kappa shape index (κ1) is 13.4. The minimum Gasteiger partial charge on any atom is -0.333 e. The maximum atomic E-state index is 14.0. The van der Waals surface area contributed by atoms with E-state index in [0.29, 0.717) is 25.6 Å². The fraction of sp³-hybridized carbons (Fsp3) is 0.438. The summed E-state index contributed by atoms with van der Waals surface area (Å²) < 4.78 is 16.0. The average Bonchev–Trinajstić information content (AvgIpc) is 3.24. The molecule has 1 aliphatic heterocycles. The summed E-state index contributed by atoms with van der Waals surface area (Å²) in [5, 5.41) is 7.86. The molecule has 114 valence electrons. The zero-order chi connectivity index (χ0) is 15.1. The van der Waals surface area contributed by atoms with Gasteiger partial charge in [-0.15, -0.1) is 10.2 Å². The number of fused-ring (bicyclic) bond motifs is 1. The lowest BCUT2D eigenvalue weighted by molar-refractivity contribution is -0.132. The number of nitrogens with zero attached hydrogens (tertiary/aromatic N) is 4. The Morgan fingerprint density at radius 2 is 2.18 bits per heavy atom. The van der Waals surface area contributed by atoms with Crippen LogP contribution in [0.25, 0.3) is 0 Å². The summed E-state index contributed by atoms with van der Waals surface area (Å²) in [6.07, 6.45) is 4.06. The van der Waals surface area contributed by atoms with Crippen molar-refractivity contribution in [2.45, 2.75) is 38.3 Å². The van der Waals surface area contributed by atoms with Crippen LogP contribution in [0.15, 0.2) is 24.5 Å². The molecule has 6 heteroatoms. The molecule has 0 spiro atoms. The normalized spacial score (nSPS) is 17.4. The van der Waals surface area contributed by atoms with Gasteiger partial charge < -0.3 is 9.47 Å². The van der Waals surface area contributed by atoms with Crippen molar-refractivity contribution in [1.29, 1.82) is 0 Å². The zero-order valence-corrected chi connectivity index (χ0v) is 12.2. The van der Waals surface area contributed by atoms with Crippen molar-refractivity contribution in [3.63, 3.8) is 0 Å². The fourth-order valence-corrected chi connectivity index (χ4v) is 2.97. The third kappa shape index (κ3) is 2.49. The van der Waals surface area contributed by atoms with Crippen molar-refractivity contribution in [2.75, 3.05) is 6.54 Å². The van der Waals surface area contributed by atoms with Crippen LogP contribution in [0.2, 0.25) is 0 Å². The molecule has 1 amide bonds. The van der Waals surface area contributed by atoms with Crippen molar-refractivity contribution < 1.29 is 9.18 Å². The van der Waals surface area contributed by atoms with E-state index in [1.54, 1.807) is 11.2 Å². The summed E-state index contributed by atoms with van der Waals surface area (Å²) in [7, 11) is 0. The van der Waals surface area contributed by atoms with E-state index in [0.717, 1.165) is 29.8 Å². The molecular formula is C16H17FN4O. The third-order valence-electron chi connectivity index (χ3n) is 4.43. The quantitative estimate of drug-likeness (QED) is 0.869. The van der Waals surface area contributed by atoms with E-state index in [1.165, 1.54) is 6.07 Å². The van der Waals surface area contributed by atoms with Gasteiger partial charge in [-0.1, -0.05) is 12.1 Å². The highest BCUT2D eigenvalue weighted by Gasteiger charge is 2.27. The first-order chi connectivity index (χ1) is 10.7. The van der Waals surface area contributed by atoms with Crippen LogP contribution in [-0.4, -0.2) is 32.1 Å². The lowest BCUT2D eigenvalue weighted by Crippen LogP contribution is -2.39. The van der Waals surface area contributed by atoms with Crippen LogP contribution in [-0.2, 0) is 24.3 Å². The fourth-order valence-electron chi connectivity index (χ4n) is 2.97. The summed E-state index contributed by atoms with van der Waals surface area (Å²) >= 11 is 0. The molecular weight excluding hydrogens is 283 g/mol. The number of carbonyl (C=O) groups is 1. The van der Waals surface area contributed by atoms with Gasteiger partial charge in [-0.2, -0.15) is 0 Å². The number of amides is 1. The van der Waals surface area contributed by atoms with Crippen LogP contribution in [0.1, 0.15) is 35.7 Å². The largest absolute Gasteiger partial charge is 0.333 e. The topological polar surface area (TPSA) is 51.0 Å². The molecule has 1 fully saturated rings. The lowest BCUT2D eigenvalue weighted by atomic mass is 10.0. The second-order valence-electron chi connectivity index (χ2n) is 6.06. The Hall–Kier alpha value is -2.24. The van der Waals surface area contributed by atoms with Gasteiger partial charge in [-0.25, -0.2) is 4.39 Å². The first-order valence-corrected chi connectivity index (χ1v) is 7.63. The molecule has 2 aliphatic rings. The highest BCUT2D eigenvalue weighted by Crippen LogP contribution is 2.41. The van der Waals surface area contributed by atoms with E-state index in [2.05, 4.69) is 10.2 Å². The first-order valence-electron chi connectivity index (χ1n) is 7.63. The Labute approximate surface area is 127 Å². The van der Waals surface area contributed by atoms with E-state index in [-0.39, 0.29) is 18.1 Å². The number of rotatable bonds is 3. The molecule has 2 heterocycles. The van der Waals surface area contributed by atoms with E-state index < -0.39 is 0 Å². The maximum absolute atomic E-state index is 14.0. The summed E-state index contributed by atoms with van der Waals surface area (Å²) in [4.78, 5) is 14.1. The Morgan fingerprint density at radius 1 is 1.32 bits per heavy atom. The molecule has 0 atom stereocenters. The van der Waals surface area contributed by atoms with Crippen LogP contribution in [0.3, 0.4) is 0 Å². The van der Waals surface area contributed by atoms with Gasteiger partial charge in [0, 0.05) is 13.1 Å². The monoisotopic (exact) mass is 300 g/mol. The van der Waals surface area contributed by atoms with Gasteiger partial charge in [0.1, 0.15) is 12.1 Å². The van der Waals surface area contributed by atoms with Crippen molar-refractivity contribution in [3.05, 3.63) is 47.3 Å². The molecule has 22 heavy (non-hydrogen) atoms. The predicted octanol–water partition coefficient (Wildman–Crippen LogP) is 1.88. The highest BCUT2D eigenvalue weighted by atomic mass is 19.1. The maximum Gasteiger partial charge on any atom is 0.227 e. The second-order valence-corrected chi connectivity index (χ2v) is 6.06. The number of hydrogen-bond donors (Lipinski definition) is 0. The predicted molar refractivity (Wildman–Crippen MR) is 77.5 cm³/mol. The molecule has 0 unspecified atom stereocenters. The van der Waals surface area contributed by atoms with Crippen LogP contribution in [0.4, 0.5) is 4.39 Å². The molecule has 2 aromatic rings.